The smallest absolute Gasteiger partial charge is 0.429 e. The van der Waals surface area contributed by atoms with Gasteiger partial charge in [0, 0.05) is 10.0 Å². The van der Waals surface area contributed by atoms with E-state index >= 15 is 0 Å². The molecule has 0 aliphatic heterocycles. The highest BCUT2D eigenvalue weighted by Crippen LogP contribution is 2.15. The Morgan fingerprint density at radius 2 is 1.50 bits per heavy atom. The van der Waals surface area contributed by atoms with Crippen LogP contribution in [0.3, 0.4) is 0 Å². The third kappa shape index (κ3) is 5.00. The number of nitrogens with two attached hydrogens (primary N) is 2. The molecular formula is C18H19BCl2N2O3. The number of benzene rings is 2. The van der Waals surface area contributed by atoms with Crippen LogP contribution < -0.4 is 22.4 Å². The highest BCUT2D eigenvalue weighted by atomic mass is 35.5. The normalized spacial score (nSPS) is 11.7. The monoisotopic (exact) mass is 392 g/mol. The van der Waals surface area contributed by atoms with E-state index in [1.54, 1.807) is 12.1 Å². The van der Waals surface area contributed by atoms with Crippen LogP contribution in [-0.4, -0.2) is 24.8 Å². The lowest BCUT2D eigenvalue weighted by Gasteiger charge is -2.19. The molecule has 0 aliphatic carbocycles. The summed E-state index contributed by atoms with van der Waals surface area (Å²) in [4.78, 5) is 23.3. The van der Waals surface area contributed by atoms with Gasteiger partial charge in [-0.15, -0.1) is 0 Å². The summed E-state index contributed by atoms with van der Waals surface area (Å²) in [5.41, 5.74) is 13.9. The molecule has 0 saturated heterocycles. The van der Waals surface area contributed by atoms with Gasteiger partial charge in [0.2, 0.25) is 5.91 Å². The van der Waals surface area contributed by atoms with Gasteiger partial charge in [-0.25, -0.2) is 0 Å². The lowest BCUT2D eigenvalue weighted by molar-refractivity contribution is -0.137. The molecule has 0 aromatic heterocycles. The predicted octanol–water partition coefficient (Wildman–Crippen LogP) is 1.46. The van der Waals surface area contributed by atoms with E-state index in [1.807, 2.05) is 38.1 Å². The van der Waals surface area contributed by atoms with Crippen LogP contribution in [0.15, 0.2) is 36.4 Å². The van der Waals surface area contributed by atoms with Gasteiger partial charge in [-0.05, 0) is 48.0 Å². The lowest BCUT2D eigenvalue weighted by Crippen LogP contribution is -2.50. The van der Waals surface area contributed by atoms with E-state index < -0.39 is 24.8 Å². The maximum absolute atomic E-state index is 12.3. The summed E-state index contributed by atoms with van der Waals surface area (Å²) in [6.07, 6.45) is -0.297. The number of hydrogen-bond donors (Lipinski definition) is 2. The minimum absolute atomic E-state index is 0.297. The first-order valence-corrected chi connectivity index (χ1v) is 8.71. The average Bonchev–Trinajstić information content (AvgIpc) is 2.57. The first-order valence-electron chi connectivity index (χ1n) is 7.95. The second kappa shape index (κ2) is 8.58. The fraction of sp³-hybridized carbons (Fsp3) is 0.222. The summed E-state index contributed by atoms with van der Waals surface area (Å²) in [5, 5.41) is 1.09. The molecule has 0 radical (unpaired) electrons. The van der Waals surface area contributed by atoms with E-state index in [9.17, 15) is 9.59 Å². The van der Waals surface area contributed by atoms with Crippen LogP contribution in [0, 0.1) is 13.8 Å². The van der Waals surface area contributed by atoms with E-state index in [2.05, 4.69) is 0 Å². The molecule has 2 aromatic rings. The Hall–Kier alpha value is -2.02. The van der Waals surface area contributed by atoms with E-state index in [1.165, 1.54) is 0 Å². The lowest BCUT2D eigenvalue weighted by atomic mass is 9.55. The van der Waals surface area contributed by atoms with Gasteiger partial charge >= 0.3 is 12.9 Å². The molecular weight excluding hydrogens is 374 g/mol. The van der Waals surface area contributed by atoms with Crippen molar-refractivity contribution in [2.45, 2.75) is 26.3 Å². The molecule has 136 valence electrons. The average molecular weight is 393 g/mol. The minimum atomic E-state index is -1.14. The van der Waals surface area contributed by atoms with Crippen molar-refractivity contribution in [2.24, 2.45) is 11.5 Å². The molecule has 1 unspecified atom stereocenters. The molecule has 0 aliphatic rings. The molecule has 0 bridgehead atoms. The number of amides is 1. The molecule has 0 saturated carbocycles. The summed E-state index contributed by atoms with van der Waals surface area (Å²) in [5.74, 6) is -1.41. The van der Waals surface area contributed by atoms with E-state index in [4.69, 9.17) is 39.3 Å². The van der Waals surface area contributed by atoms with Crippen molar-refractivity contribution in [3.05, 3.63) is 57.6 Å². The molecule has 8 heteroatoms. The van der Waals surface area contributed by atoms with Crippen LogP contribution in [-0.2, 0) is 14.2 Å². The molecule has 4 N–H and O–H groups in total. The summed E-state index contributed by atoms with van der Waals surface area (Å²) >= 11 is 12.4. The Bertz CT molecular complexity index is 794. The molecule has 5 nitrogen and oxygen atoms in total. The quantitative estimate of drug-likeness (QED) is 0.727. The predicted molar refractivity (Wildman–Crippen MR) is 105 cm³/mol. The van der Waals surface area contributed by atoms with Crippen molar-refractivity contribution in [1.29, 1.82) is 0 Å². The summed E-state index contributed by atoms with van der Waals surface area (Å²) in [6.45, 7) is 2.98. The molecule has 0 spiro atoms. The zero-order valence-electron chi connectivity index (χ0n) is 14.5. The first kappa shape index (κ1) is 20.3. The molecule has 1 atom stereocenters. The highest BCUT2D eigenvalue weighted by molar-refractivity contribution is 6.81. The standard InChI is InChI=1S/C18H19BCl2N2O3/c1-10-3-5-12(7-14(10)20)19(13-6-4-11(2)15(21)8-13)26-18(25)16(22)9-17(23)24/h3-8,16H,9,22H2,1-2H3,(H2,23,24). The highest BCUT2D eigenvalue weighted by Gasteiger charge is 2.29. The second-order valence-electron chi connectivity index (χ2n) is 6.11. The molecule has 1 amide bonds. The molecule has 2 aromatic carbocycles. The van der Waals surface area contributed by atoms with Gasteiger partial charge in [-0.3, -0.25) is 9.59 Å². The zero-order chi connectivity index (χ0) is 19.4. The summed E-state index contributed by atoms with van der Waals surface area (Å²) < 4.78 is 5.59. The number of carbonyl (C=O) groups excluding carboxylic acids is 2. The van der Waals surface area contributed by atoms with Gasteiger partial charge in [0.1, 0.15) is 6.04 Å². The van der Waals surface area contributed by atoms with Crippen molar-refractivity contribution in [3.8, 4) is 0 Å². The maximum atomic E-state index is 12.3. The van der Waals surface area contributed by atoms with Crippen molar-refractivity contribution in [1.82, 2.24) is 0 Å². The largest absolute Gasteiger partial charge is 0.525 e. The van der Waals surface area contributed by atoms with Gasteiger partial charge in [-0.2, -0.15) is 0 Å². The van der Waals surface area contributed by atoms with Crippen LogP contribution in [0.1, 0.15) is 17.5 Å². The van der Waals surface area contributed by atoms with E-state index in [-0.39, 0.29) is 6.42 Å². The maximum Gasteiger partial charge on any atom is 0.429 e. The van der Waals surface area contributed by atoms with Crippen molar-refractivity contribution >= 4 is 52.9 Å². The van der Waals surface area contributed by atoms with E-state index in [0.29, 0.717) is 21.0 Å². The minimum Gasteiger partial charge on any atom is -0.525 e. The van der Waals surface area contributed by atoms with Crippen LogP contribution in [0.25, 0.3) is 0 Å². The second-order valence-corrected chi connectivity index (χ2v) is 6.93. The van der Waals surface area contributed by atoms with E-state index in [0.717, 1.165) is 11.1 Å². The van der Waals surface area contributed by atoms with Gasteiger partial charge in [-0.1, -0.05) is 47.5 Å². The van der Waals surface area contributed by atoms with Gasteiger partial charge in [0.15, 0.2) is 0 Å². The fourth-order valence-corrected chi connectivity index (χ4v) is 2.75. The van der Waals surface area contributed by atoms with Crippen LogP contribution in [0.2, 0.25) is 10.0 Å². The zero-order valence-corrected chi connectivity index (χ0v) is 16.0. The third-order valence-corrected chi connectivity index (χ3v) is 4.77. The fourth-order valence-electron chi connectivity index (χ4n) is 2.38. The van der Waals surface area contributed by atoms with Crippen molar-refractivity contribution in [2.75, 3.05) is 0 Å². The van der Waals surface area contributed by atoms with Crippen molar-refractivity contribution in [3.63, 3.8) is 0 Å². The van der Waals surface area contributed by atoms with Crippen molar-refractivity contribution < 1.29 is 14.2 Å². The van der Waals surface area contributed by atoms with Gasteiger partial charge in [0.05, 0.1) is 6.42 Å². The Morgan fingerprint density at radius 1 is 1.04 bits per heavy atom. The third-order valence-electron chi connectivity index (χ3n) is 3.96. The Labute approximate surface area is 162 Å². The number of rotatable bonds is 6. The Morgan fingerprint density at radius 3 is 1.88 bits per heavy atom. The SMILES string of the molecule is Cc1ccc(B(OC(=O)C(N)CC(N)=O)c2ccc(C)c(Cl)c2)cc1Cl. The number of halogens is 2. The summed E-state index contributed by atoms with van der Waals surface area (Å²) in [6, 6.07) is 9.59. The van der Waals surface area contributed by atoms with Gasteiger partial charge in [0.25, 0.3) is 0 Å². The van der Waals surface area contributed by atoms with Crippen LogP contribution in [0.4, 0.5) is 0 Å². The molecule has 2 rings (SSSR count). The Balaban J connectivity index is 2.40. The van der Waals surface area contributed by atoms with Crippen LogP contribution in [0.5, 0.6) is 0 Å². The number of hydrogen-bond acceptors (Lipinski definition) is 4. The first-order chi connectivity index (χ1) is 12.2. The molecule has 26 heavy (non-hydrogen) atoms. The summed E-state index contributed by atoms with van der Waals surface area (Å²) in [7, 11) is 0. The van der Waals surface area contributed by atoms with Crippen LogP contribution >= 0.6 is 23.2 Å². The topological polar surface area (TPSA) is 95.4 Å². The molecule has 0 fully saturated rings. The Kier molecular flexibility index (Phi) is 6.70. The molecule has 0 heterocycles. The number of aryl methyl sites for hydroxylation is 2. The van der Waals surface area contributed by atoms with Gasteiger partial charge < -0.3 is 16.1 Å². The number of carbonyl (C=O) groups is 2. The number of primary amides is 1.